The topological polar surface area (TPSA) is 46.5 Å². The van der Waals surface area contributed by atoms with E-state index in [9.17, 15) is 4.79 Å². The lowest BCUT2D eigenvalue weighted by molar-refractivity contribution is -0.145. The maximum atomic E-state index is 10.8. The third kappa shape index (κ3) is 1.70. The Hall–Kier alpha value is -0.570. The fourth-order valence-electron chi connectivity index (χ4n) is 2.18. The van der Waals surface area contributed by atoms with Crippen LogP contribution in [0.2, 0.25) is 0 Å². The van der Waals surface area contributed by atoms with Gasteiger partial charge < -0.3 is 9.84 Å². The Morgan fingerprint density at radius 2 is 2.31 bits per heavy atom. The average Bonchev–Trinajstić information content (AvgIpc) is 2.83. The van der Waals surface area contributed by atoms with Crippen LogP contribution in [0.25, 0.3) is 0 Å². The minimum Gasteiger partial charge on any atom is -0.481 e. The summed E-state index contributed by atoms with van der Waals surface area (Å²) in [4.78, 5) is 10.8. The van der Waals surface area contributed by atoms with Crippen LogP contribution >= 0.6 is 0 Å². The highest BCUT2D eigenvalue weighted by molar-refractivity contribution is 5.69. The van der Waals surface area contributed by atoms with E-state index in [1.54, 1.807) is 0 Å². The molecule has 2 aliphatic rings. The van der Waals surface area contributed by atoms with Gasteiger partial charge in [-0.05, 0) is 31.6 Å². The van der Waals surface area contributed by atoms with Crippen molar-refractivity contribution in [2.24, 2.45) is 11.8 Å². The molecule has 1 spiro atoms. The van der Waals surface area contributed by atoms with Crippen molar-refractivity contribution < 1.29 is 14.6 Å². The van der Waals surface area contributed by atoms with Crippen LogP contribution < -0.4 is 0 Å². The van der Waals surface area contributed by atoms with Gasteiger partial charge in [0.05, 0.1) is 11.5 Å². The highest BCUT2D eigenvalue weighted by atomic mass is 16.5. The van der Waals surface area contributed by atoms with Crippen LogP contribution in [0.5, 0.6) is 0 Å². The predicted molar refractivity (Wildman–Crippen MR) is 47.4 cm³/mol. The minimum atomic E-state index is -0.664. The molecule has 1 aliphatic carbocycles. The third-order valence-corrected chi connectivity index (χ3v) is 3.44. The maximum absolute atomic E-state index is 10.8. The molecule has 2 atom stereocenters. The van der Waals surface area contributed by atoms with Gasteiger partial charge in [-0.2, -0.15) is 0 Å². The van der Waals surface area contributed by atoms with Crippen LogP contribution in [0.3, 0.4) is 0 Å². The number of ether oxygens (including phenoxy) is 1. The third-order valence-electron chi connectivity index (χ3n) is 3.44. The van der Waals surface area contributed by atoms with Crippen LogP contribution in [0.15, 0.2) is 0 Å². The highest BCUT2D eigenvalue weighted by Crippen LogP contribution is 2.49. The average molecular weight is 184 g/mol. The number of carboxylic acid groups (broad SMARTS) is 1. The molecule has 1 heterocycles. The first-order chi connectivity index (χ1) is 6.13. The van der Waals surface area contributed by atoms with E-state index in [2.05, 4.69) is 0 Å². The van der Waals surface area contributed by atoms with Crippen molar-refractivity contribution in [3.8, 4) is 0 Å². The molecule has 1 saturated heterocycles. The molecule has 2 rings (SSSR count). The van der Waals surface area contributed by atoms with Crippen LogP contribution in [0, 0.1) is 11.8 Å². The molecule has 2 fully saturated rings. The van der Waals surface area contributed by atoms with Gasteiger partial charge in [0.25, 0.3) is 0 Å². The lowest BCUT2D eigenvalue weighted by Crippen LogP contribution is -2.33. The van der Waals surface area contributed by atoms with Gasteiger partial charge in [-0.15, -0.1) is 0 Å². The first kappa shape index (κ1) is 9.00. The van der Waals surface area contributed by atoms with Gasteiger partial charge in [-0.25, -0.2) is 0 Å². The summed E-state index contributed by atoms with van der Waals surface area (Å²) < 4.78 is 5.64. The predicted octanol–water partition coefficient (Wildman–Crippen LogP) is 1.67. The van der Waals surface area contributed by atoms with Gasteiger partial charge in [-0.3, -0.25) is 4.79 Å². The Labute approximate surface area is 78.1 Å². The number of aliphatic carboxylic acids is 1. The van der Waals surface area contributed by atoms with Gasteiger partial charge in [0.15, 0.2) is 0 Å². The molecule has 3 heteroatoms. The van der Waals surface area contributed by atoms with Crippen LogP contribution in [-0.4, -0.2) is 23.3 Å². The fourth-order valence-corrected chi connectivity index (χ4v) is 2.18. The molecule has 1 N–H and O–H groups in total. The van der Waals surface area contributed by atoms with Crippen molar-refractivity contribution in [1.82, 2.24) is 0 Å². The van der Waals surface area contributed by atoms with Crippen molar-refractivity contribution in [3.05, 3.63) is 0 Å². The van der Waals surface area contributed by atoms with E-state index in [0.717, 1.165) is 32.3 Å². The van der Waals surface area contributed by atoms with Crippen LogP contribution in [0.1, 0.15) is 32.6 Å². The number of hydrogen-bond acceptors (Lipinski definition) is 2. The van der Waals surface area contributed by atoms with Crippen LogP contribution in [-0.2, 0) is 9.53 Å². The Morgan fingerprint density at radius 1 is 1.62 bits per heavy atom. The van der Waals surface area contributed by atoms with Crippen LogP contribution in [0.4, 0.5) is 0 Å². The zero-order chi connectivity index (χ0) is 9.47. The molecule has 0 aromatic heterocycles. The summed E-state index contributed by atoms with van der Waals surface area (Å²) in [5, 5.41) is 8.88. The minimum absolute atomic E-state index is 0.104. The summed E-state index contributed by atoms with van der Waals surface area (Å²) in [6, 6.07) is 0. The molecule has 0 bridgehead atoms. The second-order valence-electron chi connectivity index (χ2n) is 4.41. The number of hydrogen-bond donors (Lipinski definition) is 1. The van der Waals surface area contributed by atoms with Gasteiger partial charge in [0, 0.05) is 6.61 Å². The Bertz CT molecular complexity index is 220. The molecule has 74 valence electrons. The van der Waals surface area contributed by atoms with E-state index in [4.69, 9.17) is 9.84 Å². The van der Waals surface area contributed by atoms with Crippen molar-refractivity contribution >= 4 is 5.97 Å². The summed E-state index contributed by atoms with van der Waals surface area (Å²) >= 11 is 0. The SMILES string of the molecule is C[C@H](C(=O)O)[C@@H]1CCOC2(CC2)C1. The van der Waals surface area contributed by atoms with Crippen molar-refractivity contribution in [3.63, 3.8) is 0 Å². The second-order valence-corrected chi connectivity index (χ2v) is 4.41. The van der Waals surface area contributed by atoms with Gasteiger partial charge in [-0.1, -0.05) is 6.92 Å². The smallest absolute Gasteiger partial charge is 0.306 e. The van der Waals surface area contributed by atoms with Crippen molar-refractivity contribution in [1.29, 1.82) is 0 Å². The zero-order valence-electron chi connectivity index (χ0n) is 7.95. The number of carbonyl (C=O) groups is 1. The maximum Gasteiger partial charge on any atom is 0.306 e. The lowest BCUT2D eigenvalue weighted by Gasteiger charge is -2.31. The summed E-state index contributed by atoms with van der Waals surface area (Å²) in [5.74, 6) is -0.544. The molecular formula is C10H16O3. The highest BCUT2D eigenvalue weighted by Gasteiger charge is 2.49. The lowest BCUT2D eigenvalue weighted by atomic mass is 9.84. The molecule has 0 aromatic rings. The monoisotopic (exact) mass is 184 g/mol. The molecule has 1 saturated carbocycles. The van der Waals surface area contributed by atoms with E-state index in [-0.39, 0.29) is 11.5 Å². The normalized spacial score (nSPS) is 32.8. The first-order valence-corrected chi connectivity index (χ1v) is 5.00. The molecule has 13 heavy (non-hydrogen) atoms. The molecule has 0 aromatic carbocycles. The first-order valence-electron chi connectivity index (χ1n) is 5.00. The molecular weight excluding hydrogens is 168 g/mol. The molecule has 0 radical (unpaired) electrons. The van der Waals surface area contributed by atoms with E-state index in [1.165, 1.54) is 0 Å². The summed E-state index contributed by atoms with van der Waals surface area (Å²) in [5.41, 5.74) is 0.104. The van der Waals surface area contributed by atoms with Gasteiger partial charge in [0.2, 0.25) is 0 Å². The zero-order valence-corrected chi connectivity index (χ0v) is 7.95. The van der Waals surface area contributed by atoms with Gasteiger partial charge >= 0.3 is 5.97 Å². The fraction of sp³-hybridized carbons (Fsp3) is 0.900. The number of carboxylic acids is 1. The van der Waals surface area contributed by atoms with Gasteiger partial charge in [0.1, 0.15) is 0 Å². The van der Waals surface area contributed by atoms with E-state index in [0.29, 0.717) is 5.92 Å². The molecule has 3 nitrogen and oxygen atoms in total. The Balaban J connectivity index is 1.96. The largest absolute Gasteiger partial charge is 0.481 e. The van der Waals surface area contributed by atoms with E-state index < -0.39 is 5.97 Å². The standard InChI is InChI=1S/C10H16O3/c1-7(9(11)12)8-2-5-13-10(6-8)3-4-10/h7-8H,2-6H2,1H3,(H,11,12)/t7-,8+/m0/s1. The number of rotatable bonds is 2. The Kier molecular flexibility index (Phi) is 2.06. The van der Waals surface area contributed by atoms with Crippen molar-refractivity contribution in [2.45, 2.75) is 38.2 Å². The molecule has 0 unspecified atom stereocenters. The summed E-state index contributed by atoms with van der Waals surface area (Å²) in [6.45, 7) is 2.57. The van der Waals surface area contributed by atoms with E-state index >= 15 is 0 Å². The quantitative estimate of drug-likeness (QED) is 0.710. The summed E-state index contributed by atoms with van der Waals surface area (Å²) in [7, 11) is 0. The van der Waals surface area contributed by atoms with Crippen molar-refractivity contribution in [2.75, 3.05) is 6.61 Å². The van der Waals surface area contributed by atoms with E-state index in [1.807, 2.05) is 6.92 Å². The molecule has 1 aliphatic heterocycles. The summed E-state index contributed by atoms with van der Waals surface area (Å²) in [6.07, 6.45) is 4.14. The molecule has 0 amide bonds. The Morgan fingerprint density at radius 3 is 2.85 bits per heavy atom. The second kappa shape index (κ2) is 2.98.